The quantitative estimate of drug-likeness (QED) is 0.218. The molecule has 4 aliphatic heterocycles. The van der Waals surface area contributed by atoms with Crippen molar-refractivity contribution >= 4 is 34.7 Å². The molecule has 0 aliphatic carbocycles. The van der Waals surface area contributed by atoms with Gasteiger partial charge in [-0.15, -0.1) is 0 Å². The maximum atomic E-state index is 14.6. The number of nitrogens with zero attached hydrogens (tertiary/aromatic N) is 12. The highest BCUT2D eigenvalue weighted by molar-refractivity contribution is 5.96. The van der Waals surface area contributed by atoms with Gasteiger partial charge in [0.25, 0.3) is 11.8 Å². The van der Waals surface area contributed by atoms with E-state index in [9.17, 15) is 9.59 Å². The van der Waals surface area contributed by atoms with Crippen molar-refractivity contribution < 1.29 is 14.3 Å². The Morgan fingerprint density at radius 2 is 1.35 bits per heavy atom. The summed E-state index contributed by atoms with van der Waals surface area (Å²) in [6.07, 6.45) is 11.6. The van der Waals surface area contributed by atoms with Gasteiger partial charge in [0.2, 0.25) is 0 Å². The van der Waals surface area contributed by atoms with Crippen LogP contribution in [-0.2, 0) is 0 Å². The molecule has 10 rings (SSSR count). The molecule has 2 amide bonds. The first-order valence-electron chi connectivity index (χ1n) is 22.1. The van der Waals surface area contributed by atoms with Gasteiger partial charge in [0.15, 0.2) is 11.3 Å². The number of fused-ring (bicyclic) bond motifs is 2. The van der Waals surface area contributed by atoms with E-state index >= 15 is 0 Å². The van der Waals surface area contributed by atoms with Crippen LogP contribution in [-0.4, -0.2) is 119 Å². The molecule has 4 fully saturated rings. The number of methoxy groups -OCH3 is 1. The number of hydrogen-bond acceptors (Lipinski definition) is 12. The summed E-state index contributed by atoms with van der Waals surface area (Å²) in [4.78, 5) is 47.5. The van der Waals surface area contributed by atoms with Gasteiger partial charge in [-0.1, -0.05) is 6.07 Å². The van der Waals surface area contributed by atoms with Gasteiger partial charge in [-0.25, -0.2) is 19.0 Å². The van der Waals surface area contributed by atoms with Crippen LogP contribution >= 0.6 is 0 Å². The SMILES string of the molecule is COc1cccc(C(=O)N2CCC(n3ncc(C(=O)N4CCCC[C@H]4c4cc5nc(N6CC[C@H](N)C6)c(C)cn5n4)c3C)C[C@H]2c2cc3nc(N4CC[C@H](N)C4)c(C)cn3n2)c1. The van der Waals surface area contributed by atoms with Crippen molar-refractivity contribution in [2.45, 2.75) is 95.9 Å². The van der Waals surface area contributed by atoms with Crippen molar-refractivity contribution in [2.75, 3.05) is 56.2 Å². The molecule has 9 heterocycles. The van der Waals surface area contributed by atoms with Gasteiger partial charge in [0, 0.05) is 98.3 Å². The van der Waals surface area contributed by atoms with E-state index in [0.717, 1.165) is 104 Å². The van der Waals surface area contributed by atoms with Crippen LogP contribution < -0.4 is 26.0 Å². The van der Waals surface area contributed by atoms with Gasteiger partial charge in [-0.3, -0.25) is 14.3 Å². The van der Waals surface area contributed by atoms with E-state index in [1.807, 2.05) is 80.1 Å². The highest BCUT2D eigenvalue weighted by atomic mass is 16.5. The highest BCUT2D eigenvalue weighted by Crippen LogP contribution is 2.40. The second-order valence-electron chi connectivity index (χ2n) is 17.8. The Morgan fingerprint density at radius 1 is 0.726 bits per heavy atom. The minimum Gasteiger partial charge on any atom is -0.497 e. The molecule has 0 radical (unpaired) electrons. The average molecular weight is 841 g/mol. The van der Waals surface area contributed by atoms with Crippen LogP contribution in [0.2, 0.25) is 0 Å². The fourth-order valence-electron chi connectivity index (χ4n) is 10.2. The molecule has 4 aliphatic rings. The molecular formula is C45H56N14O3. The Balaban J connectivity index is 0.936. The lowest BCUT2D eigenvalue weighted by Crippen LogP contribution is -2.42. The molecule has 6 aromatic rings. The first-order chi connectivity index (χ1) is 30.0. The van der Waals surface area contributed by atoms with Crippen LogP contribution in [0.15, 0.2) is 55.0 Å². The summed E-state index contributed by atoms with van der Waals surface area (Å²) in [5, 5.41) is 14.9. The van der Waals surface area contributed by atoms with E-state index in [-0.39, 0.29) is 42.0 Å². The minimum atomic E-state index is -0.387. The van der Waals surface area contributed by atoms with Crippen LogP contribution in [0.1, 0.15) is 112 Å². The molecule has 1 aromatic carbocycles. The third-order valence-corrected chi connectivity index (χ3v) is 13.5. The third-order valence-electron chi connectivity index (χ3n) is 13.5. The Kier molecular flexibility index (Phi) is 10.3. The number of aryl methyl sites for hydroxylation is 2. The number of likely N-dealkylation sites (tertiary alicyclic amines) is 2. The molecule has 0 bridgehead atoms. The predicted octanol–water partition coefficient (Wildman–Crippen LogP) is 4.56. The standard InChI is InChI=1S/C45H56N14O3/c1-27-23-57-40(49-42(27)53-15-11-31(46)25-53)20-36(51-57)38-10-5-6-14-55(38)45(61)35-22-48-59(29(35)3)33-13-17-56(44(60)30-8-7-9-34(18-30)62-4)39(19-33)37-21-41-50-43(28(2)24-58(41)52-37)54-16-12-32(47)26-54/h7-9,18,20-24,31-33,38-39H,5-6,10-17,19,25-26,46-47H2,1-4H3/t31-,32-,33?,38-,39-/m0/s1. The number of rotatable bonds is 8. The van der Waals surface area contributed by atoms with Gasteiger partial charge < -0.3 is 35.8 Å². The first kappa shape index (κ1) is 40.0. The zero-order valence-electron chi connectivity index (χ0n) is 36.0. The van der Waals surface area contributed by atoms with E-state index < -0.39 is 0 Å². The normalized spacial score (nSPS) is 23.3. The number of anilines is 2. The van der Waals surface area contributed by atoms with Crippen LogP contribution in [0.5, 0.6) is 5.75 Å². The highest BCUT2D eigenvalue weighted by Gasteiger charge is 2.38. The minimum absolute atomic E-state index is 0.0508. The molecule has 4 N–H and O–H groups in total. The molecule has 17 nitrogen and oxygen atoms in total. The van der Waals surface area contributed by atoms with Crippen LogP contribution in [0.25, 0.3) is 11.3 Å². The lowest BCUT2D eigenvalue weighted by atomic mass is 9.93. The summed E-state index contributed by atoms with van der Waals surface area (Å²) in [6, 6.07) is 10.9. The number of carbonyl (C=O) groups is 2. The van der Waals surface area contributed by atoms with Crippen molar-refractivity contribution in [1.82, 2.24) is 48.8 Å². The van der Waals surface area contributed by atoms with E-state index in [4.69, 9.17) is 41.5 Å². The molecule has 4 saturated heterocycles. The van der Waals surface area contributed by atoms with E-state index in [1.165, 1.54) is 0 Å². The zero-order chi connectivity index (χ0) is 42.8. The van der Waals surface area contributed by atoms with Crippen molar-refractivity contribution in [3.63, 3.8) is 0 Å². The molecule has 5 atom stereocenters. The Bertz CT molecular complexity index is 2670. The van der Waals surface area contributed by atoms with Crippen molar-refractivity contribution in [3.8, 4) is 5.75 Å². The molecular weight excluding hydrogens is 785 g/mol. The Morgan fingerprint density at radius 3 is 1.97 bits per heavy atom. The number of amides is 2. The van der Waals surface area contributed by atoms with E-state index in [0.29, 0.717) is 48.5 Å². The fourth-order valence-corrected chi connectivity index (χ4v) is 10.2. The van der Waals surface area contributed by atoms with Crippen molar-refractivity contribution in [3.05, 3.63) is 94.3 Å². The summed E-state index contributed by atoms with van der Waals surface area (Å²) < 4.78 is 11.1. The molecule has 0 spiro atoms. The third kappa shape index (κ3) is 7.19. The molecule has 17 heteroatoms. The van der Waals surface area contributed by atoms with Crippen LogP contribution in [0.3, 0.4) is 0 Å². The Labute approximate surface area is 360 Å². The second kappa shape index (κ2) is 16.0. The number of aromatic nitrogens is 8. The smallest absolute Gasteiger partial charge is 0.257 e. The largest absolute Gasteiger partial charge is 0.497 e. The second-order valence-corrected chi connectivity index (χ2v) is 17.8. The zero-order valence-corrected chi connectivity index (χ0v) is 36.0. The summed E-state index contributed by atoms with van der Waals surface area (Å²) in [6.45, 7) is 10.5. The van der Waals surface area contributed by atoms with Crippen LogP contribution in [0.4, 0.5) is 11.6 Å². The maximum absolute atomic E-state index is 14.6. The van der Waals surface area contributed by atoms with E-state index in [2.05, 4.69) is 16.7 Å². The van der Waals surface area contributed by atoms with E-state index in [1.54, 1.807) is 19.4 Å². The number of benzene rings is 1. The number of ether oxygens (including phenoxy) is 1. The summed E-state index contributed by atoms with van der Waals surface area (Å²) in [5.74, 6) is 2.32. The fraction of sp³-hybridized carbons (Fsp3) is 0.489. The summed E-state index contributed by atoms with van der Waals surface area (Å²) in [7, 11) is 1.60. The molecule has 324 valence electrons. The predicted molar refractivity (Wildman–Crippen MR) is 235 cm³/mol. The van der Waals surface area contributed by atoms with Crippen molar-refractivity contribution in [2.24, 2.45) is 11.5 Å². The lowest BCUT2D eigenvalue weighted by Gasteiger charge is -2.39. The number of carbonyl (C=O) groups excluding carboxylic acids is 2. The number of hydrogen-bond donors (Lipinski definition) is 2. The number of nitrogens with two attached hydrogens (primary N) is 2. The van der Waals surface area contributed by atoms with Gasteiger partial charge in [0.05, 0.1) is 48.4 Å². The lowest BCUT2D eigenvalue weighted by molar-refractivity contribution is 0.0536. The van der Waals surface area contributed by atoms with Gasteiger partial charge in [-0.2, -0.15) is 15.3 Å². The molecule has 62 heavy (non-hydrogen) atoms. The number of piperidine rings is 2. The molecule has 0 saturated carbocycles. The summed E-state index contributed by atoms with van der Waals surface area (Å²) in [5.41, 5.74) is 19.6. The van der Waals surface area contributed by atoms with Gasteiger partial charge in [0.1, 0.15) is 17.4 Å². The maximum Gasteiger partial charge on any atom is 0.257 e. The summed E-state index contributed by atoms with van der Waals surface area (Å²) >= 11 is 0. The van der Waals surface area contributed by atoms with Gasteiger partial charge >= 0.3 is 0 Å². The molecule has 5 aromatic heterocycles. The topological polar surface area (TPSA) is 187 Å². The Hall–Kier alpha value is -6.07. The average Bonchev–Trinajstić information content (AvgIpc) is 4.14. The monoisotopic (exact) mass is 840 g/mol. The van der Waals surface area contributed by atoms with Crippen molar-refractivity contribution in [1.29, 1.82) is 0 Å². The molecule has 1 unspecified atom stereocenters. The van der Waals surface area contributed by atoms with Crippen LogP contribution in [0, 0.1) is 20.8 Å². The van der Waals surface area contributed by atoms with Gasteiger partial charge in [-0.05, 0) is 83.9 Å². The first-order valence-corrected chi connectivity index (χ1v) is 22.1.